The third kappa shape index (κ3) is 4.52. The van der Waals surface area contributed by atoms with E-state index in [0.717, 1.165) is 23.5 Å². The van der Waals surface area contributed by atoms with Gasteiger partial charge in [0.1, 0.15) is 6.61 Å². The summed E-state index contributed by atoms with van der Waals surface area (Å²) in [6, 6.07) is 19.6. The van der Waals surface area contributed by atoms with Crippen LogP contribution in [0.15, 0.2) is 70.3 Å². The van der Waals surface area contributed by atoms with Crippen LogP contribution in [0, 0.1) is 13.8 Å². The lowest BCUT2D eigenvalue weighted by atomic mass is 10.2. The fraction of sp³-hybridized carbons (Fsp3) is 0.240. The Morgan fingerprint density at radius 1 is 1.06 bits per heavy atom. The van der Waals surface area contributed by atoms with Crippen LogP contribution in [-0.2, 0) is 6.54 Å². The first-order valence-electron chi connectivity index (χ1n) is 10.7. The molecular weight excluding hydrogens is 438 g/mol. The first-order valence-corrected chi connectivity index (χ1v) is 11.7. The van der Waals surface area contributed by atoms with E-state index in [-0.39, 0.29) is 18.1 Å². The number of carbonyl (C=O) groups excluding carboxylic acids is 1. The average molecular weight is 462 g/mol. The van der Waals surface area contributed by atoms with E-state index in [0.29, 0.717) is 22.6 Å². The van der Waals surface area contributed by atoms with Gasteiger partial charge in [0.2, 0.25) is 6.10 Å². The molecule has 3 heterocycles. The summed E-state index contributed by atoms with van der Waals surface area (Å²) in [5, 5.41) is 8.49. The van der Waals surface area contributed by atoms with Crippen molar-refractivity contribution in [2.75, 3.05) is 12.4 Å². The van der Waals surface area contributed by atoms with Gasteiger partial charge >= 0.3 is 0 Å². The van der Waals surface area contributed by atoms with Crippen molar-refractivity contribution in [3.63, 3.8) is 0 Å². The van der Waals surface area contributed by atoms with E-state index in [1.54, 1.807) is 0 Å². The molecule has 0 unspecified atom stereocenters. The van der Waals surface area contributed by atoms with Crippen molar-refractivity contribution < 1.29 is 18.7 Å². The van der Waals surface area contributed by atoms with Crippen molar-refractivity contribution in [2.24, 2.45) is 0 Å². The third-order valence-corrected chi connectivity index (χ3v) is 6.41. The zero-order chi connectivity index (χ0) is 22.8. The molecule has 1 aliphatic rings. The van der Waals surface area contributed by atoms with Crippen LogP contribution in [0.3, 0.4) is 0 Å². The van der Waals surface area contributed by atoms with E-state index >= 15 is 0 Å². The molecule has 4 aromatic rings. The van der Waals surface area contributed by atoms with Gasteiger partial charge < -0.3 is 18.5 Å². The lowest BCUT2D eigenvalue weighted by molar-refractivity contribution is 0.0686. The number of ketones is 1. The molecule has 33 heavy (non-hydrogen) atoms. The lowest BCUT2D eigenvalue weighted by Gasteiger charge is -2.23. The molecule has 8 heteroatoms. The number of aromatic nitrogens is 3. The summed E-state index contributed by atoms with van der Waals surface area (Å²) in [5.41, 5.74) is 3.93. The molecular formula is C25H23N3O4S. The summed E-state index contributed by atoms with van der Waals surface area (Å²) in [4.78, 5) is 12.9. The molecule has 0 saturated heterocycles. The summed E-state index contributed by atoms with van der Waals surface area (Å²) < 4.78 is 19.5. The van der Waals surface area contributed by atoms with Crippen LogP contribution in [0.2, 0.25) is 0 Å². The molecule has 0 fully saturated rings. The molecule has 1 aliphatic heterocycles. The van der Waals surface area contributed by atoms with Crippen molar-refractivity contribution in [3.8, 4) is 11.5 Å². The molecule has 2 aromatic heterocycles. The maximum Gasteiger partial charge on any atom is 0.277 e. The van der Waals surface area contributed by atoms with Gasteiger partial charge in [0, 0.05) is 23.5 Å². The van der Waals surface area contributed by atoms with Gasteiger partial charge in [0.05, 0.1) is 5.75 Å². The number of rotatable bonds is 7. The quantitative estimate of drug-likeness (QED) is 0.282. The van der Waals surface area contributed by atoms with Crippen LogP contribution < -0.4 is 9.47 Å². The molecule has 168 valence electrons. The standard InChI is InChI=1S/C25H23N3O4S/c1-16-12-19(17(2)28(16)13-18-8-4-3-5-9-18)20(29)15-33-25-27-26-24(32-25)23-14-30-21-10-6-7-11-22(21)31-23/h3-12,23H,13-15H2,1-2H3/t23-/m0/s1. The largest absolute Gasteiger partial charge is 0.485 e. The van der Waals surface area contributed by atoms with Crippen molar-refractivity contribution in [1.29, 1.82) is 0 Å². The Kier molecular flexibility index (Phi) is 5.92. The van der Waals surface area contributed by atoms with Crippen molar-refractivity contribution in [1.82, 2.24) is 14.8 Å². The van der Waals surface area contributed by atoms with Crippen molar-refractivity contribution in [3.05, 3.63) is 89.1 Å². The van der Waals surface area contributed by atoms with E-state index in [2.05, 4.69) is 26.9 Å². The molecule has 5 rings (SSSR count). The van der Waals surface area contributed by atoms with Gasteiger partial charge in [0.25, 0.3) is 11.1 Å². The monoisotopic (exact) mass is 461 g/mol. The highest BCUT2D eigenvalue weighted by Crippen LogP contribution is 2.36. The van der Waals surface area contributed by atoms with E-state index < -0.39 is 6.10 Å². The second-order valence-corrected chi connectivity index (χ2v) is 8.77. The van der Waals surface area contributed by atoms with Crippen LogP contribution in [0.5, 0.6) is 11.5 Å². The van der Waals surface area contributed by atoms with Gasteiger partial charge in [-0.05, 0) is 37.6 Å². The van der Waals surface area contributed by atoms with Gasteiger partial charge in [-0.3, -0.25) is 4.79 Å². The minimum absolute atomic E-state index is 0.0262. The Morgan fingerprint density at radius 3 is 2.64 bits per heavy atom. The minimum Gasteiger partial charge on any atom is -0.485 e. The zero-order valence-electron chi connectivity index (χ0n) is 18.4. The molecule has 0 aliphatic carbocycles. The Morgan fingerprint density at radius 2 is 1.82 bits per heavy atom. The second-order valence-electron chi connectivity index (χ2n) is 7.84. The highest BCUT2D eigenvalue weighted by atomic mass is 32.2. The summed E-state index contributed by atoms with van der Waals surface area (Å²) in [6.45, 7) is 5.03. The number of ether oxygens (including phenoxy) is 2. The summed E-state index contributed by atoms with van der Waals surface area (Å²) in [7, 11) is 0. The molecule has 0 amide bonds. The van der Waals surface area contributed by atoms with E-state index in [1.807, 2.05) is 62.4 Å². The predicted molar refractivity (Wildman–Crippen MR) is 124 cm³/mol. The van der Waals surface area contributed by atoms with Crippen molar-refractivity contribution >= 4 is 17.5 Å². The summed E-state index contributed by atoms with van der Waals surface area (Å²) >= 11 is 1.23. The van der Waals surface area contributed by atoms with Gasteiger partial charge in [0.15, 0.2) is 17.3 Å². The second kappa shape index (κ2) is 9.15. The Bertz CT molecular complexity index is 1280. The van der Waals surface area contributed by atoms with Gasteiger partial charge in [-0.2, -0.15) is 0 Å². The van der Waals surface area contributed by atoms with Crippen LogP contribution >= 0.6 is 11.8 Å². The van der Waals surface area contributed by atoms with Crippen LogP contribution in [-0.4, -0.2) is 32.9 Å². The lowest BCUT2D eigenvalue weighted by Crippen LogP contribution is -2.21. The van der Waals surface area contributed by atoms with Gasteiger partial charge in [-0.25, -0.2) is 0 Å². The first-order chi connectivity index (χ1) is 16.1. The molecule has 0 saturated carbocycles. The molecule has 2 aromatic carbocycles. The van der Waals surface area contributed by atoms with Crippen LogP contribution in [0.4, 0.5) is 0 Å². The Balaban J connectivity index is 1.23. The number of fused-ring (bicyclic) bond motifs is 1. The van der Waals surface area contributed by atoms with Crippen LogP contribution in [0.25, 0.3) is 0 Å². The summed E-state index contributed by atoms with van der Waals surface area (Å²) in [5.74, 6) is 1.90. The number of nitrogens with zero attached hydrogens (tertiary/aromatic N) is 3. The third-order valence-electron chi connectivity index (χ3n) is 5.59. The van der Waals surface area contributed by atoms with Crippen molar-refractivity contribution in [2.45, 2.75) is 31.7 Å². The Labute approximate surface area is 195 Å². The SMILES string of the molecule is Cc1cc(C(=O)CSc2nnc([C@@H]3COc4ccccc4O3)o2)c(C)n1Cc1ccccc1. The molecule has 7 nitrogen and oxygen atoms in total. The van der Waals surface area contributed by atoms with E-state index in [1.165, 1.54) is 17.3 Å². The molecule has 0 radical (unpaired) electrons. The Hall–Kier alpha value is -3.52. The smallest absolute Gasteiger partial charge is 0.277 e. The van der Waals surface area contributed by atoms with Gasteiger partial charge in [-0.1, -0.05) is 54.2 Å². The maximum absolute atomic E-state index is 12.9. The number of Topliss-reactive ketones (excluding diaryl/α,β-unsaturated/α-hetero) is 1. The number of hydrogen-bond acceptors (Lipinski definition) is 7. The highest BCUT2D eigenvalue weighted by molar-refractivity contribution is 7.99. The van der Waals surface area contributed by atoms with E-state index in [4.69, 9.17) is 13.9 Å². The molecule has 1 atom stereocenters. The minimum atomic E-state index is -0.477. The average Bonchev–Trinajstić information content (AvgIpc) is 3.43. The number of thioether (sulfide) groups is 1. The van der Waals surface area contributed by atoms with Crippen LogP contribution in [0.1, 0.15) is 39.3 Å². The normalized spacial score (nSPS) is 14.9. The maximum atomic E-state index is 12.9. The highest BCUT2D eigenvalue weighted by Gasteiger charge is 2.27. The summed E-state index contributed by atoms with van der Waals surface area (Å²) in [6.07, 6.45) is -0.477. The topological polar surface area (TPSA) is 79.4 Å². The predicted octanol–water partition coefficient (Wildman–Crippen LogP) is 5.02. The van der Waals surface area contributed by atoms with E-state index in [9.17, 15) is 4.79 Å². The fourth-order valence-electron chi connectivity index (χ4n) is 3.85. The fourth-order valence-corrected chi connectivity index (χ4v) is 4.50. The number of hydrogen-bond donors (Lipinski definition) is 0. The zero-order valence-corrected chi connectivity index (χ0v) is 19.2. The molecule has 0 spiro atoms. The molecule has 0 N–H and O–H groups in total. The first kappa shape index (κ1) is 21.3. The molecule has 0 bridgehead atoms. The van der Waals surface area contributed by atoms with Gasteiger partial charge in [-0.15, -0.1) is 10.2 Å². The number of aryl methyl sites for hydroxylation is 1. The number of para-hydroxylation sites is 2. The number of carbonyl (C=O) groups is 1. The number of benzene rings is 2.